The summed E-state index contributed by atoms with van der Waals surface area (Å²) in [6.45, 7) is 0.00842. The number of H-pyrrole nitrogens is 2. The molecule has 0 aliphatic rings. The molecule has 0 saturated heterocycles. The molecule has 136 valence electrons. The molecule has 3 heterocycles. The van der Waals surface area contributed by atoms with Gasteiger partial charge in [0, 0.05) is 16.7 Å². The Morgan fingerprint density at radius 3 is 2.78 bits per heavy atom. The van der Waals surface area contributed by atoms with Crippen molar-refractivity contribution in [3.05, 3.63) is 57.6 Å². The molecule has 3 aromatic heterocycles. The third-order valence-corrected chi connectivity index (χ3v) is 5.26. The number of carbonyl (C=O) groups excluding carboxylic acids is 1. The first kappa shape index (κ1) is 17.7. The number of thiophene rings is 1. The number of nitrogens with zero attached hydrogens (tertiary/aromatic N) is 3. The molecule has 4 rings (SSSR count). The normalized spacial score (nSPS) is 10.9. The lowest BCUT2D eigenvalue weighted by Gasteiger charge is -2.07. The SMILES string of the molecule is O=C(Cn1c(-c2ccc(Cl)cc2)n[nH]c1=S)Nc1cc(-c2cccs2)[nH]n1. The highest BCUT2D eigenvalue weighted by Gasteiger charge is 2.14. The van der Waals surface area contributed by atoms with Crippen LogP contribution in [0.15, 0.2) is 47.8 Å². The van der Waals surface area contributed by atoms with Gasteiger partial charge in [-0.3, -0.25) is 19.6 Å². The molecular formula is C17H13ClN6OS2. The van der Waals surface area contributed by atoms with E-state index < -0.39 is 0 Å². The quantitative estimate of drug-likeness (QED) is 0.422. The Kier molecular flexibility index (Phi) is 4.88. The van der Waals surface area contributed by atoms with Crippen LogP contribution in [0, 0.1) is 4.77 Å². The van der Waals surface area contributed by atoms with Crippen molar-refractivity contribution >= 4 is 46.9 Å². The van der Waals surface area contributed by atoms with E-state index in [2.05, 4.69) is 25.7 Å². The molecule has 3 N–H and O–H groups in total. The lowest BCUT2D eigenvalue weighted by Crippen LogP contribution is -2.19. The summed E-state index contributed by atoms with van der Waals surface area (Å²) in [4.78, 5) is 13.5. The summed E-state index contributed by atoms with van der Waals surface area (Å²) in [7, 11) is 0. The van der Waals surface area contributed by atoms with Crippen LogP contribution in [0.2, 0.25) is 5.02 Å². The van der Waals surface area contributed by atoms with Crippen LogP contribution < -0.4 is 5.32 Å². The van der Waals surface area contributed by atoms with Gasteiger partial charge in [0.05, 0.1) is 10.6 Å². The molecule has 1 aromatic carbocycles. The van der Waals surface area contributed by atoms with Gasteiger partial charge in [0.1, 0.15) is 6.54 Å². The standard InChI is InChI=1S/C17H13ClN6OS2/c18-11-5-3-10(4-6-11)16-22-23-17(26)24(16)9-15(25)19-14-8-12(20-21-14)13-2-1-7-27-13/h1-8H,9H2,(H,23,26)(H2,19,20,21,25). The van der Waals surface area contributed by atoms with Crippen molar-refractivity contribution in [1.82, 2.24) is 25.0 Å². The van der Waals surface area contributed by atoms with Crippen LogP contribution in [0.5, 0.6) is 0 Å². The number of aromatic nitrogens is 5. The zero-order valence-corrected chi connectivity index (χ0v) is 16.2. The summed E-state index contributed by atoms with van der Waals surface area (Å²) >= 11 is 12.8. The van der Waals surface area contributed by atoms with Crippen LogP contribution in [0.4, 0.5) is 5.82 Å². The highest BCUT2D eigenvalue weighted by Crippen LogP contribution is 2.24. The Morgan fingerprint density at radius 2 is 2.04 bits per heavy atom. The number of halogens is 1. The summed E-state index contributed by atoms with van der Waals surface area (Å²) in [6, 6.07) is 12.9. The lowest BCUT2D eigenvalue weighted by atomic mass is 10.2. The second-order valence-corrected chi connectivity index (χ2v) is 7.41. The van der Waals surface area contributed by atoms with Crippen molar-refractivity contribution in [2.45, 2.75) is 6.54 Å². The minimum absolute atomic E-state index is 0.00842. The van der Waals surface area contributed by atoms with E-state index in [9.17, 15) is 4.79 Å². The van der Waals surface area contributed by atoms with Crippen LogP contribution in [0.3, 0.4) is 0 Å². The summed E-state index contributed by atoms with van der Waals surface area (Å²) in [5.74, 6) is 0.756. The predicted molar refractivity (Wildman–Crippen MR) is 108 cm³/mol. The van der Waals surface area contributed by atoms with Crippen LogP contribution in [-0.4, -0.2) is 30.9 Å². The van der Waals surface area contributed by atoms with Gasteiger partial charge in [0.25, 0.3) is 0 Å². The molecule has 27 heavy (non-hydrogen) atoms. The average Bonchev–Trinajstić information content (AvgIpc) is 3.38. The van der Waals surface area contributed by atoms with Crippen LogP contribution >= 0.6 is 35.2 Å². The second-order valence-electron chi connectivity index (χ2n) is 5.64. The van der Waals surface area contributed by atoms with Gasteiger partial charge in [0.15, 0.2) is 16.4 Å². The smallest absolute Gasteiger partial charge is 0.245 e. The first-order valence-electron chi connectivity index (χ1n) is 7.90. The molecule has 0 spiro atoms. The third-order valence-electron chi connectivity index (χ3n) is 3.79. The Balaban J connectivity index is 1.51. The minimum atomic E-state index is -0.257. The monoisotopic (exact) mass is 416 g/mol. The van der Waals surface area contributed by atoms with Gasteiger partial charge in [-0.2, -0.15) is 10.2 Å². The average molecular weight is 417 g/mol. The number of rotatable bonds is 5. The number of hydrogen-bond acceptors (Lipinski definition) is 5. The van der Waals surface area contributed by atoms with Gasteiger partial charge < -0.3 is 5.32 Å². The Morgan fingerprint density at radius 1 is 1.22 bits per heavy atom. The summed E-state index contributed by atoms with van der Waals surface area (Å²) in [5.41, 5.74) is 1.65. The first-order chi connectivity index (χ1) is 13.1. The van der Waals surface area contributed by atoms with Gasteiger partial charge in [-0.1, -0.05) is 17.7 Å². The molecule has 0 aliphatic heterocycles. The van der Waals surface area contributed by atoms with Crippen molar-refractivity contribution in [2.24, 2.45) is 0 Å². The molecule has 0 unspecified atom stereocenters. The van der Waals surface area contributed by atoms with E-state index in [1.165, 1.54) is 0 Å². The van der Waals surface area contributed by atoms with Crippen molar-refractivity contribution in [3.8, 4) is 22.0 Å². The van der Waals surface area contributed by atoms with Crippen molar-refractivity contribution in [3.63, 3.8) is 0 Å². The fraction of sp³-hybridized carbons (Fsp3) is 0.0588. The molecule has 0 fully saturated rings. The van der Waals surface area contributed by atoms with E-state index in [1.54, 1.807) is 34.1 Å². The van der Waals surface area contributed by atoms with Crippen molar-refractivity contribution in [2.75, 3.05) is 5.32 Å². The van der Waals surface area contributed by atoms with E-state index in [4.69, 9.17) is 23.8 Å². The maximum atomic E-state index is 12.5. The van der Waals surface area contributed by atoms with E-state index in [0.717, 1.165) is 16.1 Å². The highest BCUT2D eigenvalue weighted by molar-refractivity contribution is 7.71. The maximum absolute atomic E-state index is 12.5. The lowest BCUT2D eigenvalue weighted by molar-refractivity contribution is -0.116. The molecule has 0 bridgehead atoms. The molecular weight excluding hydrogens is 404 g/mol. The molecule has 0 saturated carbocycles. The Hall–Kier alpha value is -2.75. The fourth-order valence-electron chi connectivity index (χ4n) is 2.55. The number of hydrogen-bond donors (Lipinski definition) is 3. The van der Waals surface area contributed by atoms with Crippen molar-refractivity contribution in [1.29, 1.82) is 0 Å². The number of aromatic amines is 2. The minimum Gasteiger partial charge on any atom is -0.308 e. The van der Waals surface area contributed by atoms with E-state index in [-0.39, 0.29) is 12.5 Å². The Labute approximate surface area is 168 Å². The van der Waals surface area contributed by atoms with Gasteiger partial charge in [-0.25, -0.2) is 0 Å². The van der Waals surface area contributed by atoms with Crippen molar-refractivity contribution < 1.29 is 4.79 Å². The molecule has 0 atom stereocenters. The molecule has 10 heteroatoms. The molecule has 1 amide bonds. The van der Waals surface area contributed by atoms with Crippen LogP contribution in [-0.2, 0) is 11.3 Å². The van der Waals surface area contributed by atoms with Gasteiger partial charge in [-0.05, 0) is 47.9 Å². The summed E-state index contributed by atoms with van der Waals surface area (Å²) in [5, 5.41) is 19.4. The molecule has 7 nitrogen and oxygen atoms in total. The molecule has 0 radical (unpaired) electrons. The number of anilines is 1. The zero-order chi connectivity index (χ0) is 18.8. The molecule has 0 aliphatic carbocycles. The van der Waals surface area contributed by atoms with E-state index >= 15 is 0 Å². The van der Waals surface area contributed by atoms with Crippen LogP contribution in [0.25, 0.3) is 22.0 Å². The summed E-state index contributed by atoms with van der Waals surface area (Å²) in [6.07, 6.45) is 0. The second kappa shape index (κ2) is 7.47. The highest BCUT2D eigenvalue weighted by atomic mass is 35.5. The predicted octanol–water partition coefficient (Wildman–Crippen LogP) is 4.35. The zero-order valence-electron chi connectivity index (χ0n) is 13.8. The van der Waals surface area contributed by atoms with E-state index in [0.29, 0.717) is 21.4 Å². The van der Waals surface area contributed by atoms with Gasteiger partial charge in [-0.15, -0.1) is 11.3 Å². The maximum Gasteiger partial charge on any atom is 0.245 e. The largest absolute Gasteiger partial charge is 0.308 e. The fourth-order valence-corrected chi connectivity index (χ4v) is 3.57. The number of nitrogens with one attached hydrogen (secondary N) is 3. The number of amides is 1. The van der Waals surface area contributed by atoms with Crippen LogP contribution in [0.1, 0.15) is 0 Å². The van der Waals surface area contributed by atoms with Gasteiger partial charge in [0.2, 0.25) is 5.91 Å². The number of carbonyl (C=O) groups is 1. The Bertz CT molecular complexity index is 1130. The number of benzene rings is 1. The third kappa shape index (κ3) is 3.85. The molecule has 4 aromatic rings. The van der Waals surface area contributed by atoms with Gasteiger partial charge >= 0.3 is 0 Å². The topological polar surface area (TPSA) is 91.4 Å². The first-order valence-corrected chi connectivity index (χ1v) is 9.57. The summed E-state index contributed by atoms with van der Waals surface area (Å²) < 4.78 is 1.98. The van der Waals surface area contributed by atoms with E-state index in [1.807, 2.05) is 29.6 Å².